The van der Waals surface area contributed by atoms with Gasteiger partial charge < -0.3 is 14.4 Å². The maximum Gasteiger partial charge on any atom is 0.472 e. The molecule has 9 heteroatoms. The van der Waals surface area contributed by atoms with E-state index in [2.05, 4.69) is 50.3 Å². The molecule has 2 atom stereocenters. The first-order valence-electron chi connectivity index (χ1n) is 19.3. The zero-order valence-corrected chi connectivity index (χ0v) is 31.8. The van der Waals surface area contributed by atoms with Crippen molar-refractivity contribution in [3.8, 4) is 0 Å². The second kappa shape index (κ2) is 35.1. The van der Waals surface area contributed by atoms with Crippen molar-refractivity contribution in [2.24, 2.45) is 0 Å². The minimum atomic E-state index is -4.28. The van der Waals surface area contributed by atoms with Gasteiger partial charge in [0, 0.05) is 12.8 Å². The van der Waals surface area contributed by atoms with E-state index in [0.29, 0.717) is 6.42 Å². The number of phosphoric acid groups is 1. The summed E-state index contributed by atoms with van der Waals surface area (Å²) in [5.74, 6) is -0.825. The highest BCUT2D eigenvalue weighted by molar-refractivity contribution is 7.47. The van der Waals surface area contributed by atoms with Crippen molar-refractivity contribution in [1.29, 1.82) is 0 Å². The van der Waals surface area contributed by atoms with Crippen molar-refractivity contribution in [3.63, 3.8) is 0 Å². The van der Waals surface area contributed by atoms with Gasteiger partial charge >= 0.3 is 19.8 Å². The molecule has 48 heavy (non-hydrogen) atoms. The normalized spacial score (nSPS) is 13.8. The van der Waals surface area contributed by atoms with Crippen molar-refractivity contribution in [1.82, 2.24) is 0 Å². The number of hydrogen-bond donors (Lipinski definition) is 1. The topological polar surface area (TPSA) is 108 Å². The van der Waals surface area contributed by atoms with Gasteiger partial charge in [0.1, 0.15) is 6.61 Å². The number of ether oxygens (including phenoxy) is 2. The maximum absolute atomic E-state index is 12.5. The van der Waals surface area contributed by atoms with Gasteiger partial charge in [0.05, 0.1) is 13.2 Å². The number of carbonyl (C=O) groups is 2. The van der Waals surface area contributed by atoms with Crippen molar-refractivity contribution in [2.45, 2.75) is 181 Å². The number of hydrogen-bond acceptors (Lipinski definition) is 7. The van der Waals surface area contributed by atoms with Crippen LogP contribution in [0, 0.1) is 0 Å². The van der Waals surface area contributed by atoms with Crippen LogP contribution in [0.3, 0.4) is 0 Å². The molecular formula is C39H71O8P. The van der Waals surface area contributed by atoms with Gasteiger partial charge in [-0.1, -0.05) is 121 Å². The van der Waals surface area contributed by atoms with Gasteiger partial charge in [0.15, 0.2) is 6.10 Å². The molecule has 2 unspecified atom stereocenters. The third-order valence-corrected chi connectivity index (χ3v) is 8.98. The van der Waals surface area contributed by atoms with Gasteiger partial charge in [-0.2, -0.15) is 0 Å². The Bertz CT molecular complexity index is 885. The van der Waals surface area contributed by atoms with Gasteiger partial charge in [-0.25, -0.2) is 4.57 Å². The van der Waals surface area contributed by atoms with Crippen LogP contribution in [-0.2, 0) is 32.7 Å². The molecule has 0 aliphatic rings. The molecule has 0 saturated carbocycles. The molecule has 0 aliphatic heterocycles. The predicted octanol–water partition coefficient (Wildman–Crippen LogP) is 11.7. The minimum absolute atomic E-state index is 0.00410. The lowest BCUT2D eigenvalue weighted by atomic mass is 10.1. The molecule has 280 valence electrons. The second-order valence-corrected chi connectivity index (χ2v) is 14.0. The molecule has 0 rings (SSSR count). The molecule has 0 heterocycles. The van der Waals surface area contributed by atoms with Gasteiger partial charge in [-0.05, 0) is 77.6 Å². The van der Waals surface area contributed by atoms with Crippen LogP contribution >= 0.6 is 7.82 Å². The highest BCUT2D eigenvalue weighted by atomic mass is 31.2. The summed E-state index contributed by atoms with van der Waals surface area (Å²) >= 11 is 0. The van der Waals surface area contributed by atoms with E-state index in [4.69, 9.17) is 18.5 Å². The molecule has 0 spiro atoms. The summed E-state index contributed by atoms with van der Waals surface area (Å²) in [7, 11) is -4.28. The van der Waals surface area contributed by atoms with E-state index in [9.17, 15) is 19.0 Å². The fraction of sp³-hybridized carbons (Fsp3) is 0.795. The molecule has 0 amide bonds. The Hall–Kier alpha value is -1.73. The van der Waals surface area contributed by atoms with Crippen molar-refractivity contribution in [3.05, 3.63) is 36.5 Å². The number of carbonyl (C=O) groups excluding carboxylic acids is 2. The summed E-state index contributed by atoms with van der Waals surface area (Å²) < 4.78 is 32.5. The first-order valence-corrected chi connectivity index (χ1v) is 20.8. The van der Waals surface area contributed by atoms with Crippen molar-refractivity contribution >= 4 is 19.8 Å². The zero-order chi connectivity index (χ0) is 35.4. The summed E-state index contributed by atoms with van der Waals surface area (Å²) in [5, 5.41) is 0. The molecular weight excluding hydrogens is 627 g/mol. The monoisotopic (exact) mass is 698 g/mol. The first kappa shape index (κ1) is 46.3. The van der Waals surface area contributed by atoms with E-state index in [1.54, 1.807) is 6.92 Å². The molecule has 0 radical (unpaired) electrons. The fourth-order valence-corrected chi connectivity index (χ4v) is 5.82. The van der Waals surface area contributed by atoms with E-state index in [0.717, 1.165) is 77.0 Å². The standard InChI is InChI=1S/C39H71O8P/c1-4-7-9-11-13-15-17-19-20-22-24-26-28-30-32-34-39(41)47-37(36-46-48(42,43)45-6-3)35-44-38(40)33-31-29-27-25-23-21-18-16-14-12-10-8-5-2/h13,15-16,18-20,37H,4-12,14,17,21-36H2,1-3H3,(H,42,43)/b15-13-,18-16-,20-19-. The van der Waals surface area contributed by atoms with Gasteiger partial charge in [-0.3, -0.25) is 18.6 Å². The predicted molar refractivity (Wildman–Crippen MR) is 198 cm³/mol. The lowest BCUT2D eigenvalue weighted by molar-refractivity contribution is -0.161. The Morgan fingerprint density at radius 1 is 0.562 bits per heavy atom. The lowest BCUT2D eigenvalue weighted by Gasteiger charge is -2.19. The number of esters is 2. The largest absolute Gasteiger partial charge is 0.472 e. The molecule has 0 bridgehead atoms. The average Bonchev–Trinajstić information content (AvgIpc) is 3.06. The minimum Gasteiger partial charge on any atom is -0.462 e. The molecule has 1 N–H and O–H groups in total. The molecule has 8 nitrogen and oxygen atoms in total. The van der Waals surface area contributed by atoms with E-state index in [1.165, 1.54) is 57.8 Å². The Kier molecular flexibility index (Phi) is 33.8. The smallest absolute Gasteiger partial charge is 0.462 e. The summed E-state index contributed by atoms with van der Waals surface area (Å²) in [6.07, 6.45) is 37.6. The number of allylic oxidation sites excluding steroid dienone is 6. The van der Waals surface area contributed by atoms with Crippen LogP contribution in [0.5, 0.6) is 0 Å². The second-order valence-electron chi connectivity index (χ2n) is 12.6. The molecule has 0 aliphatic carbocycles. The molecule has 0 aromatic carbocycles. The molecule has 0 fully saturated rings. The SMILES string of the molecule is CCCCC/C=C\C/C=C\CCCCCCCC(=O)OC(COC(=O)CCCCCCC/C=C\CCCCCC)COP(=O)(O)OCC. The average molecular weight is 699 g/mol. The molecule has 0 aromatic heterocycles. The quantitative estimate of drug-likeness (QED) is 0.0301. The van der Waals surface area contributed by atoms with Crippen LogP contribution in [0.4, 0.5) is 0 Å². The zero-order valence-electron chi connectivity index (χ0n) is 30.9. The van der Waals surface area contributed by atoms with E-state index >= 15 is 0 Å². The Labute approximate surface area is 294 Å². The number of unbranched alkanes of at least 4 members (excludes halogenated alkanes) is 17. The van der Waals surface area contributed by atoms with Crippen LogP contribution in [0.1, 0.15) is 175 Å². The molecule has 0 aromatic rings. The Morgan fingerprint density at radius 3 is 1.54 bits per heavy atom. The van der Waals surface area contributed by atoms with Crippen LogP contribution in [0.2, 0.25) is 0 Å². The number of rotatable bonds is 35. The summed E-state index contributed by atoms with van der Waals surface area (Å²) in [6, 6.07) is 0. The summed E-state index contributed by atoms with van der Waals surface area (Å²) in [4.78, 5) is 34.6. The van der Waals surface area contributed by atoms with Gasteiger partial charge in [-0.15, -0.1) is 0 Å². The third-order valence-electron chi connectivity index (χ3n) is 7.92. The van der Waals surface area contributed by atoms with Crippen LogP contribution in [0.15, 0.2) is 36.5 Å². The van der Waals surface area contributed by atoms with Crippen LogP contribution < -0.4 is 0 Å². The van der Waals surface area contributed by atoms with Gasteiger partial charge in [0.2, 0.25) is 0 Å². The third kappa shape index (κ3) is 34.1. The first-order chi connectivity index (χ1) is 23.3. The summed E-state index contributed by atoms with van der Waals surface area (Å²) in [6.45, 7) is 5.39. The molecule has 0 saturated heterocycles. The van der Waals surface area contributed by atoms with Crippen molar-refractivity contribution in [2.75, 3.05) is 19.8 Å². The Morgan fingerprint density at radius 2 is 1.00 bits per heavy atom. The van der Waals surface area contributed by atoms with Crippen LogP contribution in [0.25, 0.3) is 0 Å². The lowest BCUT2D eigenvalue weighted by Crippen LogP contribution is -2.29. The van der Waals surface area contributed by atoms with Crippen LogP contribution in [-0.4, -0.2) is 42.8 Å². The van der Waals surface area contributed by atoms with E-state index in [1.807, 2.05) is 0 Å². The number of phosphoric ester groups is 1. The fourth-order valence-electron chi connectivity index (χ4n) is 5.06. The summed E-state index contributed by atoms with van der Waals surface area (Å²) in [5.41, 5.74) is 0. The Balaban J connectivity index is 4.19. The highest BCUT2D eigenvalue weighted by Gasteiger charge is 2.25. The van der Waals surface area contributed by atoms with E-state index < -0.39 is 26.5 Å². The van der Waals surface area contributed by atoms with Crippen molar-refractivity contribution < 1.29 is 37.6 Å². The van der Waals surface area contributed by atoms with E-state index in [-0.39, 0.29) is 32.0 Å². The highest BCUT2D eigenvalue weighted by Crippen LogP contribution is 2.43. The maximum atomic E-state index is 12.5. The van der Waals surface area contributed by atoms with Gasteiger partial charge in [0.25, 0.3) is 0 Å².